The van der Waals surface area contributed by atoms with E-state index in [1.165, 1.54) is 107 Å². The number of fused-ring (bicyclic) bond motifs is 10. The van der Waals surface area contributed by atoms with Crippen molar-refractivity contribution in [3.05, 3.63) is 206 Å². The average molecular weight is 826 g/mol. The Morgan fingerprint density at radius 1 is 0.267 bits per heavy atom. The van der Waals surface area contributed by atoms with Gasteiger partial charge in [-0.05, 0) is 6.07 Å². The summed E-state index contributed by atoms with van der Waals surface area (Å²) in [5, 5.41) is 15.2. The summed E-state index contributed by atoms with van der Waals surface area (Å²) >= 11 is 0.103. The fourth-order valence-electron chi connectivity index (χ4n) is 10.1. The molecule has 0 bridgehead atoms. The van der Waals surface area contributed by atoms with E-state index in [4.69, 9.17) is 4.42 Å². The minimum atomic E-state index is 0.103. The van der Waals surface area contributed by atoms with Crippen LogP contribution in [0.15, 0.2) is 211 Å². The van der Waals surface area contributed by atoms with E-state index in [2.05, 4.69) is 200 Å². The molecule has 0 radical (unpaired) electrons. The van der Waals surface area contributed by atoms with Crippen molar-refractivity contribution in [2.24, 2.45) is 0 Å². The Balaban J connectivity index is 1.04. The van der Waals surface area contributed by atoms with Crippen LogP contribution in [0.5, 0.6) is 0 Å². The summed E-state index contributed by atoms with van der Waals surface area (Å²) in [4.78, 5) is 0. The first-order valence-electron chi connectivity index (χ1n) is 20.6. The molecule has 0 atom stereocenters. The van der Waals surface area contributed by atoms with Crippen molar-refractivity contribution in [1.82, 2.24) is 0 Å². The predicted molar refractivity (Wildman–Crippen MR) is 257 cm³/mol. The van der Waals surface area contributed by atoms with E-state index in [1.54, 1.807) is 0 Å². The van der Waals surface area contributed by atoms with Crippen LogP contribution in [0.4, 0.5) is 0 Å². The van der Waals surface area contributed by atoms with Crippen molar-refractivity contribution < 1.29 is 4.42 Å². The molecule has 0 unspecified atom stereocenters. The maximum absolute atomic E-state index is 6.25. The van der Waals surface area contributed by atoms with Crippen LogP contribution in [0.25, 0.3) is 129 Å². The van der Waals surface area contributed by atoms with Gasteiger partial charge in [0.15, 0.2) is 0 Å². The van der Waals surface area contributed by atoms with Crippen molar-refractivity contribution in [2.45, 2.75) is 0 Å². The monoisotopic (exact) mass is 826 g/mol. The number of para-hydroxylation sites is 1. The van der Waals surface area contributed by atoms with E-state index in [9.17, 15) is 0 Å². The van der Waals surface area contributed by atoms with Gasteiger partial charge in [0.2, 0.25) is 0 Å². The molecule has 278 valence electrons. The normalized spacial score (nSPS) is 12.0. The van der Waals surface area contributed by atoms with Crippen molar-refractivity contribution in [3.8, 4) is 44.5 Å². The van der Waals surface area contributed by atoms with Crippen LogP contribution in [0.3, 0.4) is 0 Å². The minimum absolute atomic E-state index is 0.103. The van der Waals surface area contributed by atoms with Gasteiger partial charge in [-0.2, -0.15) is 0 Å². The Kier molecular flexibility index (Phi) is 7.39. The zero-order valence-electron chi connectivity index (χ0n) is 32.4. The third-order valence-electron chi connectivity index (χ3n) is 12.6. The number of hydrogen-bond acceptors (Lipinski definition) is 1. The number of furan rings is 1. The second-order valence-electron chi connectivity index (χ2n) is 15.9. The van der Waals surface area contributed by atoms with E-state index in [1.807, 2.05) is 6.07 Å². The third-order valence-corrected chi connectivity index (χ3v) is 15.2. The zero-order chi connectivity index (χ0) is 39.3. The summed E-state index contributed by atoms with van der Waals surface area (Å²) in [5.74, 6) is 0. The fourth-order valence-corrected chi connectivity index (χ4v) is 12.8. The number of rotatable bonds is 4. The summed E-state index contributed by atoms with van der Waals surface area (Å²) in [7, 11) is 0. The summed E-state index contributed by atoms with van der Waals surface area (Å²) in [6.45, 7) is 0. The Labute approximate surface area is 352 Å². The topological polar surface area (TPSA) is 13.1 Å². The molecular formula is C58H34OSe. The first kappa shape index (κ1) is 33.7. The third kappa shape index (κ3) is 4.93. The summed E-state index contributed by atoms with van der Waals surface area (Å²) in [6.07, 6.45) is 0. The molecule has 13 rings (SSSR count). The Hall–Kier alpha value is -7.22. The van der Waals surface area contributed by atoms with Gasteiger partial charge in [-0.3, -0.25) is 0 Å². The summed E-state index contributed by atoms with van der Waals surface area (Å²) < 4.78 is 9.15. The zero-order valence-corrected chi connectivity index (χ0v) is 34.2. The summed E-state index contributed by atoms with van der Waals surface area (Å²) in [5.41, 5.74) is 12.1. The molecule has 0 saturated carbocycles. The molecule has 0 aliphatic carbocycles. The van der Waals surface area contributed by atoms with E-state index in [0.717, 1.165) is 21.9 Å². The van der Waals surface area contributed by atoms with Crippen molar-refractivity contribution in [2.75, 3.05) is 0 Å². The Morgan fingerprint density at radius 3 is 1.32 bits per heavy atom. The van der Waals surface area contributed by atoms with Gasteiger partial charge in [0, 0.05) is 0 Å². The van der Waals surface area contributed by atoms with Gasteiger partial charge in [0.25, 0.3) is 0 Å². The molecule has 0 aliphatic rings. The molecule has 2 heteroatoms. The van der Waals surface area contributed by atoms with E-state index >= 15 is 0 Å². The maximum atomic E-state index is 6.25. The van der Waals surface area contributed by atoms with E-state index in [0.29, 0.717) is 0 Å². The average Bonchev–Trinajstić information content (AvgIpc) is 3.88. The number of benzene rings is 11. The standard InChI is InChI=1S/C58H34OSe/c1-2-15-35(16-3-1)54-44-22-8-10-24-46(44)57(47-25-11-9-23-45(47)54)49-27-14-26-48-39-31-29-37(34-53(39)60-58(48)49)56-42-20-6-4-18-40(42)55(41-19-5-7-21-43(41)56)36-30-32-52-50(33-36)38-17-12-13-28-51(38)59-52/h1-34H. The second-order valence-corrected chi connectivity index (χ2v) is 18.1. The Bertz CT molecular complexity index is 3770. The molecule has 11 aromatic carbocycles. The van der Waals surface area contributed by atoms with Crippen molar-refractivity contribution >= 4 is 98.8 Å². The fraction of sp³-hybridized carbons (Fsp3) is 0. The molecule has 2 heterocycles. The molecule has 2 aromatic heterocycles. The van der Waals surface area contributed by atoms with Crippen molar-refractivity contribution in [3.63, 3.8) is 0 Å². The van der Waals surface area contributed by atoms with Gasteiger partial charge in [0.05, 0.1) is 0 Å². The molecule has 0 spiro atoms. The van der Waals surface area contributed by atoms with Crippen molar-refractivity contribution in [1.29, 1.82) is 0 Å². The molecule has 13 aromatic rings. The van der Waals surface area contributed by atoms with Crippen LogP contribution in [0, 0.1) is 0 Å². The quantitative estimate of drug-likeness (QED) is 0.127. The molecule has 0 saturated heterocycles. The molecular weight excluding hydrogens is 792 g/mol. The van der Waals surface area contributed by atoms with Crippen LogP contribution in [0.1, 0.15) is 0 Å². The molecule has 0 aliphatic heterocycles. The van der Waals surface area contributed by atoms with Crippen LogP contribution >= 0.6 is 0 Å². The number of hydrogen-bond donors (Lipinski definition) is 0. The predicted octanol–water partition coefficient (Wildman–Crippen LogP) is 16.2. The van der Waals surface area contributed by atoms with Crippen LogP contribution in [-0.2, 0) is 0 Å². The molecule has 1 nitrogen and oxygen atoms in total. The van der Waals surface area contributed by atoms with E-state index in [-0.39, 0.29) is 14.5 Å². The van der Waals surface area contributed by atoms with Gasteiger partial charge in [0.1, 0.15) is 0 Å². The van der Waals surface area contributed by atoms with Gasteiger partial charge < -0.3 is 0 Å². The first-order chi connectivity index (χ1) is 29.8. The van der Waals surface area contributed by atoms with Crippen LogP contribution < -0.4 is 0 Å². The molecule has 0 amide bonds. The van der Waals surface area contributed by atoms with Crippen LogP contribution in [0.2, 0.25) is 0 Å². The molecule has 0 fully saturated rings. The van der Waals surface area contributed by atoms with Gasteiger partial charge in [-0.1, -0.05) is 12.1 Å². The molecule has 60 heavy (non-hydrogen) atoms. The SMILES string of the molecule is c1ccc(-c2c3ccccc3c(-c3cccc4c3[se]c3cc(-c5c6ccccc6c(-c6ccc7oc8ccccc8c7c6)c6ccccc56)ccc34)c3ccccc23)cc1. The van der Waals surface area contributed by atoms with Gasteiger partial charge in [-0.25, -0.2) is 0 Å². The van der Waals surface area contributed by atoms with Gasteiger partial charge >= 0.3 is 336 Å². The van der Waals surface area contributed by atoms with E-state index < -0.39 is 0 Å². The second kappa shape index (κ2) is 13.1. The van der Waals surface area contributed by atoms with Crippen LogP contribution in [-0.4, -0.2) is 14.5 Å². The van der Waals surface area contributed by atoms with Gasteiger partial charge in [-0.15, -0.1) is 0 Å². The molecule has 0 N–H and O–H groups in total. The summed E-state index contributed by atoms with van der Waals surface area (Å²) in [6, 6.07) is 76.2. The first-order valence-corrected chi connectivity index (χ1v) is 22.3. The Morgan fingerprint density at radius 2 is 0.717 bits per heavy atom.